The van der Waals surface area contributed by atoms with Crippen LogP contribution in [0.3, 0.4) is 0 Å². The lowest BCUT2D eigenvalue weighted by Crippen LogP contribution is -2.34. The first-order valence-electron chi connectivity index (χ1n) is 8.40. The number of aromatic nitrogens is 4. The molecule has 1 aliphatic heterocycles. The van der Waals surface area contributed by atoms with Crippen molar-refractivity contribution in [3.8, 4) is 0 Å². The fraction of sp³-hybridized carbons (Fsp3) is 0.688. The molecule has 2 aromatic rings. The molecule has 2 fully saturated rings. The minimum atomic E-state index is 0.0444. The maximum absolute atomic E-state index is 12.3. The van der Waals surface area contributed by atoms with Crippen molar-refractivity contribution in [3.05, 3.63) is 34.2 Å². The van der Waals surface area contributed by atoms with Gasteiger partial charge in [-0.25, -0.2) is 14.5 Å². The van der Waals surface area contributed by atoms with E-state index in [0.717, 1.165) is 62.7 Å². The summed E-state index contributed by atoms with van der Waals surface area (Å²) in [7, 11) is 1.76. The molecule has 0 N–H and O–H groups in total. The third-order valence-electron chi connectivity index (χ3n) is 4.90. The highest BCUT2D eigenvalue weighted by atomic mass is 16.3. The maximum atomic E-state index is 12.3. The zero-order chi connectivity index (χ0) is 16.0. The molecule has 1 aliphatic carbocycles. The van der Waals surface area contributed by atoms with E-state index in [1.165, 1.54) is 4.68 Å². The molecular weight excluding hydrogens is 294 g/mol. The molecule has 0 bridgehead atoms. The van der Waals surface area contributed by atoms with Crippen molar-refractivity contribution in [2.45, 2.75) is 51.1 Å². The van der Waals surface area contributed by atoms with E-state index >= 15 is 0 Å². The van der Waals surface area contributed by atoms with Gasteiger partial charge in [0.25, 0.3) is 0 Å². The first kappa shape index (κ1) is 14.7. The van der Waals surface area contributed by atoms with Gasteiger partial charge in [0.15, 0.2) is 5.89 Å². The van der Waals surface area contributed by atoms with E-state index in [-0.39, 0.29) is 5.69 Å². The third kappa shape index (κ3) is 2.85. The Morgan fingerprint density at radius 1 is 1.26 bits per heavy atom. The van der Waals surface area contributed by atoms with Gasteiger partial charge in [-0.3, -0.25) is 9.47 Å². The quantitative estimate of drug-likeness (QED) is 0.856. The molecule has 7 heteroatoms. The van der Waals surface area contributed by atoms with Crippen LogP contribution in [0.15, 0.2) is 15.5 Å². The van der Waals surface area contributed by atoms with Gasteiger partial charge in [-0.05, 0) is 38.8 Å². The molecule has 2 aromatic heterocycles. The predicted octanol–water partition coefficient (Wildman–Crippen LogP) is 1.59. The Morgan fingerprint density at radius 2 is 2.00 bits per heavy atom. The molecule has 0 atom stereocenters. The molecular formula is C16H23N5O2. The van der Waals surface area contributed by atoms with Crippen LogP contribution in [0.1, 0.15) is 55.1 Å². The number of hydrogen-bond acceptors (Lipinski definition) is 5. The molecule has 3 heterocycles. The van der Waals surface area contributed by atoms with Gasteiger partial charge < -0.3 is 4.42 Å². The summed E-state index contributed by atoms with van der Waals surface area (Å²) in [5, 5.41) is 4.53. The average molecular weight is 317 g/mol. The van der Waals surface area contributed by atoms with Crippen LogP contribution >= 0.6 is 0 Å². The second kappa shape index (κ2) is 5.63. The van der Waals surface area contributed by atoms with Crippen LogP contribution in [0.2, 0.25) is 0 Å². The van der Waals surface area contributed by atoms with Crippen molar-refractivity contribution < 1.29 is 4.42 Å². The van der Waals surface area contributed by atoms with Crippen LogP contribution in [0, 0.1) is 6.92 Å². The molecule has 0 unspecified atom stereocenters. The lowest BCUT2D eigenvalue weighted by atomic mass is 9.95. The summed E-state index contributed by atoms with van der Waals surface area (Å²) in [5.41, 5.74) is 1.04. The van der Waals surface area contributed by atoms with Crippen molar-refractivity contribution >= 4 is 0 Å². The molecule has 0 spiro atoms. The Labute approximate surface area is 134 Å². The predicted molar refractivity (Wildman–Crippen MR) is 84.2 cm³/mol. The van der Waals surface area contributed by atoms with Crippen molar-refractivity contribution in [1.29, 1.82) is 0 Å². The zero-order valence-corrected chi connectivity index (χ0v) is 13.7. The molecule has 4 rings (SSSR count). The Balaban J connectivity index is 1.44. The largest absolute Gasteiger partial charge is 0.449 e. The van der Waals surface area contributed by atoms with E-state index in [1.54, 1.807) is 13.3 Å². The van der Waals surface area contributed by atoms with Gasteiger partial charge in [0.1, 0.15) is 12.1 Å². The van der Waals surface area contributed by atoms with Gasteiger partial charge in [-0.15, -0.1) is 0 Å². The SMILES string of the molecule is Cc1nc(CN2CCC(c3nn(C)c(=O)n3C3CC3)CC2)co1. The third-order valence-corrected chi connectivity index (χ3v) is 4.90. The van der Waals surface area contributed by atoms with Crippen LogP contribution in [0.4, 0.5) is 0 Å². The number of rotatable bonds is 4. The second-order valence-electron chi connectivity index (χ2n) is 6.77. The number of likely N-dealkylation sites (tertiary alicyclic amines) is 1. The molecule has 1 saturated carbocycles. The average Bonchev–Trinajstić information content (AvgIpc) is 3.23. The molecule has 124 valence electrons. The monoisotopic (exact) mass is 317 g/mol. The molecule has 0 aromatic carbocycles. The molecule has 7 nitrogen and oxygen atoms in total. The number of oxazole rings is 1. The number of hydrogen-bond donors (Lipinski definition) is 0. The lowest BCUT2D eigenvalue weighted by Gasteiger charge is -2.30. The molecule has 23 heavy (non-hydrogen) atoms. The van der Waals surface area contributed by atoms with Gasteiger partial charge in [-0.2, -0.15) is 5.10 Å². The molecule has 0 amide bonds. The molecule has 2 aliphatic rings. The van der Waals surface area contributed by atoms with Crippen LogP contribution in [-0.4, -0.2) is 37.3 Å². The topological polar surface area (TPSA) is 69.1 Å². The molecule has 0 radical (unpaired) electrons. The first-order valence-corrected chi connectivity index (χ1v) is 8.40. The smallest absolute Gasteiger partial charge is 0.345 e. The summed E-state index contributed by atoms with van der Waals surface area (Å²) < 4.78 is 8.72. The Bertz CT molecular complexity index is 747. The maximum Gasteiger partial charge on any atom is 0.345 e. The minimum absolute atomic E-state index is 0.0444. The van der Waals surface area contributed by atoms with E-state index in [1.807, 2.05) is 11.5 Å². The van der Waals surface area contributed by atoms with E-state index in [2.05, 4.69) is 15.0 Å². The summed E-state index contributed by atoms with van der Waals surface area (Å²) in [6.07, 6.45) is 6.05. The zero-order valence-electron chi connectivity index (χ0n) is 13.7. The van der Waals surface area contributed by atoms with Crippen molar-refractivity contribution in [1.82, 2.24) is 24.2 Å². The van der Waals surface area contributed by atoms with E-state index < -0.39 is 0 Å². The summed E-state index contributed by atoms with van der Waals surface area (Å²) in [5.74, 6) is 2.11. The Hall–Kier alpha value is -1.89. The summed E-state index contributed by atoms with van der Waals surface area (Å²) in [6, 6.07) is 0.391. The highest BCUT2D eigenvalue weighted by Gasteiger charge is 2.33. The number of nitrogens with zero attached hydrogens (tertiary/aromatic N) is 5. The Kier molecular flexibility index (Phi) is 3.60. The van der Waals surface area contributed by atoms with Gasteiger partial charge in [0, 0.05) is 32.5 Å². The summed E-state index contributed by atoms with van der Waals surface area (Å²) in [4.78, 5) is 19.0. The van der Waals surface area contributed by atoms with Crippen molar-refractivity contribution in [2.24, 2.45) is 7.05 Å². The minimum Gasteiger partial charge on any atom is -0.449 e. The number of piperidine rings is 1. The highest BCUT2D eigenvalue weighted by molar-refractivity contribution is 5.05. The normalized spacial score (nSPS) is 20.3. The van der Waals surface area contributed by atoms with Gasteiger partial charge >= 0.3 is 5.69 Å². The molecule has 1 saturated heterocycles. The summed E-state index contributed by atoms with van der Waals surface area (Å²) >= 11 is 0. The van der Waals surface area contributed by atoms with Crippen LogP contribution < -0.4 is 5.69 Å². The summed E-state index contributed by atoms with van der Waals surface area (Å²) in [6.45, 7) is 4.72. The van der Waals surface area contributed by atoms with Crippen LogP contribution in [0.5, 0.6) is 0 Å². The van der Waals surface area contributed by atoms with E-state index in [4.69, 9.17) is 4.42 Å². The van der Waals surface area contributed by atoms with Gasteiger partial charge in [0.2, 0.25) is 0 Å². The highest BCUT2D eigenvalue weighted by Crippen LogP contribution is 2.37. The Morgan fingerprint density at radius 3 is 2.61 bits per heavy atom. The standard InChI is InChI=1S/C16H23N5O2/c1-11-17-13(10-23-11)9-20-7-5-12(6-8-20)15-18-19(2)16(22)21(15)14-3-4-14/h10,12,14H,3-9H2,1-2H3. The first-order chi connectivity index (χ1) is 11.1. The lowest BCUT2D eigenvalue weighted by molar-refractivity contribution is 0.197. The van der Waals surface area contributed by atoms with Crippen LogP contribution in [-0.2, 0) is 13.6 Å². The van der Waals surface area contributed by atoms with Crippen molar-refractivity contribution in [3.63, 3.8) is 0 Å². The fourth-order valence-corrected chi connectivity index (χ4v) is 3.51. The van der Waals surface area contributed by atoms with Gasteiger partial charge in [-0.1, -0.05) is 0 Å². The van der Waals surface area contributed by atoms with E-state index in [9.17, 15) is 4.79 Å². The van der Waals surface area contributed by atoms with Gasteiger partial charge in [0.05, 0.1) is 5.69 Å². The number of aryl methyl sites for hydroxylation is 2. The fourth-order valence-electron chi connectivity index (χ4n) is 3.51. The van der Waals surface area contributed by atoms with Crippen LogP contribution in [0.25, 0.3) is 0 Å². The van der Waals surface area contributed by atoms with Crippen molar-refractivity contribution in [2.75, 3.05) is 13.1 Å². The van der Waals surface area contributed by atoms with E-state index in [0.29, 0.717) is 12.0 Å². The second-order valence-corrected chi connectivity index (χ2v) is 6.77.